The highest BCUT2D eigenvalue weighted by atomic mass is 32.2. The summed E-state index contributed by atoms with van der Waals surface area (Å²) in [6.07, 6.45) is 1.16. The Morgan fingerprint density at radius 1 is 1.14 bits per heavy atom. The summed E-state index contributed by atoms with van der Waals surface area (Å²) in [5, 5.41) is 3.31. The lowest BCUT2D eigenvalue weighted by Gasteiger charge is -2.23. The molecule has 1 aliphatic heterocycles. The maximum Gasteiger partial charge on any atom is 0.244 e. The number of amides is 1. The van der Waals surface area contributed by atoms with Gasteiger partial charge in [-0.25, -0.2) is 13.4 Å². The van der Waals surface area contributed by atoms with Gasteiger partial charge in [-0.2, -0.15) is 4.31 Å². The average Bonchev–Trinajstić information content (AvgIpc) is 3.28. The van der Waals surface area contributed by atoms with Crippen molar-refractivity contribution in [3.63, 3.8) is 0 Å². The number of thiazole rings is 1. The second-order valence-electron chi connectivity index (χ2n) is 7.07. The molecule has 6 nitrogen and oxygen atoms in total. The van der Waals surface area contributed by atoms with Gasteiger partial charge in [0.1, 0.15) is 6.04 Å². The standard InChI is InChI=1S/C20H21N3O3S2/c1-13-5-8-15(9-6-13)28(25,26)23-11-3-4-17(23)19(24)22-20-21-16-10-7-14(2)12-18(16)27-20/h5-10,12,17H,3-4,11H2,1-2H3,(H,21,22,24). The van der Waals surface area contributed by atoms with Crippen LogP contribution in [-0.4, -0.2) is 36.2 Å². The van der Waals surface area contributed by atoms with Crippen LogP contribution in [0.2, 0.25) is 0 Å². The Labute approximate surface area is 168 Å². The van der Waals surface area contributed by atoms with Crippen LogP contribution in [0.3, 0.4) is 0 Å². The molecule has 4 rings (SSSR count). The topological polar surface area (TPSA) is 79.4 Å². The van der Waals surface area contributed by atoms with Crippen molar-refractivity contribution in [1.29, 1.82) is 0 Å². The van der Waals surface area contributed by atoms with Gasteiger partial charge in [-0.1, -0.05) is 35.1 Å². The molecule has 1 saturated heterocycles. The molecular formula is C20H21N3O3S2. The van der Waals surface area contributed by atoms with Crippen molar-refractivity contribution in [2.45, 2.75) is 37.6 Å². The average molecular weight is 416 g/mol. The number of fused-ring (bicyclic) bond motifs is 1. The Bertz CT molecular complexity index is 1140. The predicted octanol–water partition coefficient (Wildman–Crippen LogP) is 3.70. The summed E-state index contributed by atoms with van der Waals surface area (Å²) in [7, 11) is -3.72. The molecule has 1 amide bonds. The minimum Gasteiger partial charge on any atom is -0.301 e. The number of anilines is 1. The summed E-state index contributed by atoms with van der Waals surface area (Å²) in [5.74, 6) is -0.330. The molecule has 146 valence electrons. The zero-order valence-electron chi connectivity index (χ0n) is 15.7. The van der Waals surface area contributed by atoms with Gasteiger partial charge in [0.2, 0.25) is 15.9 Å². The van der Waals surface area contributed by atoms with Crippen molar-refractivity contribution in [1.82, 2.24) is 9.29 Å². The lowest BCUT2D eigenvalue weighted by molar-refractivity contribution is -0.119. The van der Waals surface area contributed by atoms with Crippen LogP contribution in [0.15, 0.2) is 47.4 Å². The van der Waals surface area contributed by atoms with E-state index in [4.69, 9.17) is 0 Å². The molecule has 8 heteroatoms. The molecule has 0 saturated carbocycles. The predicted molar refractivity (Wildman–Crippen MR) is 111 cm³/mol. The molecule has 2 aromatic carbocycles. The first-order chi connectivity index (χ1) is 13.3. The fraction of sp³-hybridized carbons (Fsp3) is 0.300. The summed E-state index contributed by atoms with van der Waals surface area (Å²) in [4.78, 5) is 17.5. The van der Waals surface area contributed by atoms with Crippen LogP contribution in [0.5, 0.6) is 0 Å². The van der Waals surface area contributed by atoms with E-state index in [1.54, 1.807) is 24.3 Å². The van der Waals surface area contributed by atoms with Crippen LogP contribution >= 0.6 is 11.3 Å². The lowest BCUT2D eigenvalue weighted by Crippen LogP contribution is -2.43. The Balaban J connectivity index is 1.56. The van der Waals surface area contributed by atoms with Gasteiger partial charge in [0.05, 0.1) is 15.1 Å². The van der Waals surface area contributed by atoms with Crippen molar-refractivity contribution in [2.24, 2.45) is 0 Å². The Hall–Kier alpha value is -2.29. The molecule has 0 aliphatic carbocycles. The molecule has 1 atom stereocenters. The first kappa shape index (κ1) is 19.0. The third-order valence-corrected chi connectivity index (χ3v) is 7.76. The number of aryl methyl sites for hydroxylation is 2. The van der Waals surface area contributed by atoms with Crippen molar-refractivity contribution in [3.05, 3.63) is 53.6 Å². The van der Waals surface area contributed by atoms with Gasteiger partial charge in [0, 0.05) is 6.54 Å². The number of sulfonamides is 1. The third-order valence-electron chi connectivity index (χ3n) is 4.91. The van der Waals surface area contributed by atoms with Crippen LogP contribution < -0.4 is 5.32 Å². The van der Waals surface area contributed by atoms with E-state index < -0.39 is 16.1 Å². The summed E-state index contributed by atoms with van der Waals surface area (Å²) in [5.41, 5.74) is 2.93. The molecule has 0 radical (unpaired) electrons. The number of hydrogen-bond donors (Lipinski definition) is 1. The monoisotopic (exact) mass is 415 g/mol. The Morgan fingerprint density at radius 3 is 2.61 bits per heavy atom. The number of carbonyl (C=O) groups excluding carboxylic acids is 1. The van der Waals surface area contributed by atoms with Gasteiger partial charge in [-0.3, -0.25) is 4.79 Å². The van der Waals surface area contributed by atoms with E-state index in [1.807, 2.05) is 32.0 Å². The lowest BCUT2D eigenvalue weighted by atomic mass is 10.2. The zero-order valence-corrected chi connectivity index (χ0v) is 17.3. The second kappa shape index (κ2) is 7.27. The molecule has 2 heterocycles. The van der Waals surface area contributed by atoms with E-state index in [1.165, 1.54) is 15.6 Å². The van der Waals surface area contributed by atoms with E-state index in [2.05, 4.69) is 10.3 Å². The summed E-state index contributed by atoms with van der Waals surface area (Å²) >= 11 is 1.39. The Kier molecular flexibility index (Phi) is 4.95. The van der Waals surface area contributed by atoms with Crippen LogP contribution in [0, 0.1) is 13.8 Å². The van der Waals surface area contributed by atoms with E-state index in [0.717, 1.165) is 21.3 Å². The fourth-order valence-electron chi connectivity index (χ4n) is 3.41. The third kappa shape index (κ3) is 3.55. The maximum absolute atomic E-state index is 13.0. The fourth-order valence-corrected chi connectivity index (χ4v) is 6.03. The van der Waals surface area contributed by atoms with E-state index in [0.29, 0.717) is 24.5 Å². The second-order valence-corrected chi connectivity index (χ2v) is 9.99. The molecule has 1 unspecified atom stereocenters. The molecule has 1 aliphatic rings. The SMILES string of the molecule is Cc1ccc(S(=O)(=O)N2CCCC2C(=O)Nc2nc3ccc(C)cc3s2)cc1. The smallest absolute Gasteiger partial charge is 0.244 e. The van der Waals surface area contributed by atoms with Crippen molar-refractivity contribution < 1.29 is 13.2 Å². The highest BCUT2D eigenvalue weighted by molar-refractivity contribution is 7.89. The van der Waals surface area contributed by atoms with Crippen molar-refractivity contribution in [2.75, 3.05) is 11.9 Å². The number of aromatic nitrogens is 1. The highest BCUT2D eigenvalue weighted by Gasteiger charge is 2.39. The van der Waals surface area contributed by atoms with Gasteiger partial charge in [0.15, 0.2) is 5.13 Å². The molecule has 1 aromatic heterocycles. The van der Waals surface area contributed by atoms with Crippen LogP contribution in [-0.2, 0) is 14.8 Å². The summed E-state index contributed by atoms with van der Waals surface area (Å²) in [6.45, 7) is 4.25. The number of hydrogen-bond acceptors (Lipinski definition) is 5. The van der Waals surface area contributed by atoms with Gasteiger partial charge in [-0.15, -0.1) is 0 Å². The minimum absolute atomic E-state index is 0.216. The Morgan fingerprint density at radius 2 is 1.86 bits per heavy atom. The van der Waals surface area contributed by atoms with E-state index >= 15 is 0 Å². The van der Waals surface area contributed by atoms with Crippen LogP contribution in [0.4, 0.5) is 5.13 Å². The van der Waals surface area contributed by atoms with Crippen LogP contribution in [0.1, 0.15) is 24.0 Å². The molecule has 3 aromatic rings. The molecule has 1 N–H and O–H groups in total. The molecule has 0 spiro atoms. The molecule has 28 heavy (non-hydrogen) atoms. The zero-order chi connectivity index (χ0) is 19.9. The number of carbonyl (C=O) groups is 1. The van der Waals surface area contributed by atoms with Gasteiger partial charge < -0.3 is 5.32 Å². The highest BCUT2D eigenvalue weighted by Crippen LogP contribution is 2.30. The van der Waals surface area contributed by atoms with E-state index in [-0.39, 0.29) is 10.8 Å². The van der Waals surface area contributed by atoms with Gasteiger partial charge in [0.25, 0.3) is 0 Å². The number of nitrogens with zero attached hydrogens (tertiary/aromatic N) is 2. The van der Waals surface area contributed by atoms with Gasteiger partial charge >= 0.3 is 0 Å². The summed E-state index contributed by atoms with van der Waals surface area (Å²) < 4.78 is 28.4. The van der Waals surface area contributed by atoms with E-state index in [9.17, 15) is 13.2 Å². The molecule has 1 fully saturated rings. The minimum atomic E-state index is -3.72. The molecular weight excluding hydrogens is 394 g/mol. The van der Waals surface area contributed by atoms with Gasteiger partial charge in [-0.05, 0) is 56.5 Å². The first-order valence-corrected chi connectivity index (χ1v) is 11.4. The number of nitrogens with one attached hydrogen (secondary N) is 1. The first-order valence-electron chi connectivity index (χ1n) is 9.11. The van der Waals surface area contributed by atoms with Crippen molar-refractivity contribution in [3.8, 4) is 0 Å². The number of rotatable bonds is 4. The summed E-state index contributed by atoms with van der Waals surface area (Å²) in [6, 6.07) is 11.9. The quantitative estimate of drug-likeness (QED) is 0.705. The molecule has 0 bridgehead atoms. The largest absolute Gasteiger partial charge is 0.301 e. The maximum atomic E-state index is 13.0. The number of benzene rings is 2. The van der Waals surface area contributed by atoms with Crippen LogP contribution in [0.25, 0.3) is 10.2 Å². The van der Waals surface area contributed by atoms with Crippen molar-refractivity contribution >= 4 is 42.6 Å². The normalized spacial score (nSPS) is 17.9.